The minimum atomic E-state index is -1.17. The van der Waals surface area contributed by atoms with Crippen LogP contribution in [-0.4, -0.2) is 31.8 Å². The van der Waals surface area contributed by atoms with Crippen LogP contribution in [0.2, 0.25) is 0 Å². The lowest BCUT2D eigenvalue weighted by Crippen LogP contribution is -2.46. The highest BCUT2D eigenvalue weighted by molar-refractivity contribution is 5.96. The van der Waals surface area contributed by atoms with E-state index in [1.54, 1.807) is 13.8 Å². The first kappa shape index (κ1) is 14.4. The number of benzene rings is 1. The van der Waals surface area contributed by atoms with Gasteiger partial charge in [0.05, 0.1) is 0 Å². The Morgan fingerprint density at radius 3 is 2.00 bits per heavy atom. The van der Waals surface area contributed by atoms with Gasteiger partial charge in [-0.05, 0) is 24.1 Å². The van der Waals surface area contributed by atoms with Crippen molar-refractivity contribution in [3.8, 4) is 0 Å². The third-order valence-electron chi connectivity index (χ3n) is 3.15. The van der Waals surface area contributed by atoms with Crippen LogP contribution in [0.1, 0.15) is 19.4 Å². The van der Waals surface area contributed by atoms with E-state index in [2.05, 4.69) is 0 Å². The molecule has 5 nitrogen and oxygen atoms in total. The number of esters is 2. The molecule has 0 N–H and O–H groups in total. The lowest BCUT2D eigenvalue weighted by atomic mass is 9.98. The second-order valence-electron chi connectivity index (χ2n) is 5.56. The van der Waals surface area contributed by atoms with Crippen LogP contribution < -0.4 is 4.90 Å². The molecule has 0 amide bonds. The summed E-state index contributed by atoms with van der Waals surface area (Å²) in [5.41, 5.74) is 1.96. The number of nitrogens with zero attached hydrogens (tertiary/aromatic N) is 1. The first-order chi connectivity index (χ1) is 9.28. The van der Waals surface area contributed by atoms with E-state index in [-0.39, 0.29) is 0 Å². The van der Waals surface area contributed by atoms with Crippen molar-refractivity contribution in [1.29, 1.82) is 0 Å². The van der Waals surface area contributed by atoms with Gasteiger partial charge < -0.3 is 14.4 Å². The molecular formula is C15H19NO4. The van der Waals surface area contributed by atoms with Gasteiger partial charge in [-0.25, -0.2) is 0 Å². The van der Waals surface area contributed by atoms with E-state index in [0.29, 0.717) is 6.42 Å². The maximum absolute atomic E-state index is 11.9. The van der Waals surface area contributed by atoms with E-state index < -0.39 is 23.6 Å². The molecule has 0 aromatic heterocycles. The van der Waals surface area contributed by atoms with Crippen molar-refractivity contribution < 1.29 is 19.1 Å². The molecule has 1 heterocycles. The number of carbonyl (C=O) groups is 2. The molecular weight excluding hydrogens is 258 g/mol. The Morgan fingerprint density at radius 2 is 1.55 bits per heavy atom. The average Bonchev–Trinajstić information content (AvgIpc) is 2.33. The van der Waals surface area contributed by atoms with Crippen LogP contribution in [0.15, 0.2) is 24.3 Å². The lowest BCUT2D eigenvalue weighted by Gasteiger charge is -2.32. The molecule has 20 heavy (non-hydrogen) atoms. The fourth-order valence-electron chi connectivity index (χ4n) is 2.08. The van der Waals surface area contributed by atoms with Crippen LogP contribution in [0.3, 0.4) is 0 Å². The summed E-state index contributed by atoms with van der Waals surface area (Å²) >= 11 is 0. The van der Waals surface area contributed by atoms with Crippen LogP contribution in [-0.2, 0) is 25.5 Å². The highest BCUT2D eigenvalue weighted by Crippen LogP contribution is 2.26. The van der Waals surface area contributed by atoms with Gasteiger partial charge >= 0.3 is 11.9 Å². The minimum Gasteiger partial charge on any atom is -0.422 e. The summed E-state index contributed by atoms with van der Waals surface area (Å²) in [5, 5.41) is 0. The molecule has 1 aromatic rings. The van der Waals surface area contributed by atoms with Gasteiger partial charge in [0.2, 0.25) is 0 Å². The fourth-order valence-corrected chi connectivity index (χ4v) is 2.08. The van der Waals surface area contributed by atoms with Crippen LogP contribution in [0.5, 0.6) is 0 Å². The van der Waals surface area contributed by atoms with Crippen molar-refractivity contribution in [3.63, 3.8) is 0 Å². The molecule has 0 bridgehead atoms. The monoisotopic (exact) mass is 277 g/mol. The molecule has 2 rings (SSSR count). The average molecular weight is 277 g/mol. The van der Waals surface area contributed by atoms with Gasteiger partial charge in [0.15, 0.2) is 5.92 Å². The number of hydrogen-bond donors (Lipinski definition) is 0. The number of carbonyl (C=O) groups excluding carboxylic acids is 2. The molecule has 0 unspecified atom stereocenters. The zero-order valence-corrected chi connectivity index (χ0v) is 12.2. The predicted octanol–water partition coefficient (Wildman–Crippen LogP) is 1.75. The quantitative estimate of drug-likeness (QED) is 0.622. The van der Waals surface area contributed by atoms with E-state index in [1.807, 2.05) is 43.3 Å². The molecule has 0 aliphatic carbocycles. The zero-order valence-electron chi connectivity index (χ0n) is 12.2. The number of anilines is 1. The summed E-state index contributed by atoms with van der Waals surface area (Å²) < 4.78 is 10.2. The first-order valence-electron chi connectivity index (χ1n) is 6.50. The van der Waals surface area contributed by atoms with Gasteiger partial charge in [0.1, 0.15) is 0 Å². The highest BCUT2D eigenvalue weighted by Gasteiger charge is 2.42. The van der Waals surface area contributed by atoms with Crippen molar-refractivity contribution in [2.24, 2.45) is 5.92 Å². The van der Waals surface area contributed by atoms with Crippen LogP contribution in [0, 0.1) is 5.92 Å². The molecule has 0 radical (unpaired) electrons. The van der Waals surface area contributed by atoms with E-state index in [9.17, 15) is 9.59 Å². The molecule has 0 atom stereocenters. The largest absolute Gasteiger partial charge is 0.422 e. The van der Waals surface area contributed by atoms with Crippen molar-refractivity contribution in [2.45, 2.75) is 26.1 Å². The zero-order chi connectivity index (χ0) is 14.9. The maximum atomic E-state index is 11.9. The van der Waals surface area contributed by atoms with Gasteiger partial charge in [0.25, 0.3) is 5.79 Å². The number of ether oxygens (including phenoxy) is 2. The molecule has 108 valence electrons. The van der Waals surface area contributed by atoms with Gasteiger partial charge in [-0.1, -0.05) is 12.1 Å². The van der Waals surface area contributed by atoms with Crippen molar-refractivity contribution in [3.05, 3.63) is 29.8 Å². The third-order valence-corrected chi connectivity index (χ3v) is 3.15. The van der Waals surface area contributed by atoms with Crippen LogP contribution in [0.4, 0.5) is 5.69 Å². The van der Waals surface area contributed by atoms with E-state index in [4.69, 9.17) is 9.47 Å². The molecule has 1 aliphatic rings. The Kier molecular flexibility index (Phi) is 3.70. The summed E-state index contributed by atoms with van der Waals surface area (Å²) in [6.45, 7) is 3.09. The minimum absolute atomic E-state index is 0.293. The summed E-state index contributed by atoms with van der Waals surface area (Å²) in [4.78, 5) is 25.7. The summed E-state index contributed by atoms with van der Waals surface area (Å²) in [7, 11) is 3.90. The van der Waals surface area contributed by atoms with Crippen molar-refractivity contribution in [1.82, 2.24) is 0 Å². The number of hydrogen-bond acceptors (Lipinski definition) is 5. The second-order valence-corrected chi connectivity index (χ2v) is 5.56. The maximum Gasteiger partial charge on any atom is 0.323 e. The molecule has 1 aliphatic heterocycles. The van der Waals surface area contributed by atoms with E-state index in [1.165, 1.54) is 0 Å². The lowest BCUT2D eigenvalue weighted by molar-refractivity contribution is -0.239. The second kappa shape index (κ2) is 5.15. The fraction of sp³-hybridized carbons (Fsp3) is 0.467. The normalized spacial score (nSPS) is 18.4. The van der Waals surface area contributed by atoms with Crippen molar-refractivity contribution >= 4 is 17.6 Å². The Labute approximate surface area is 118 Å². The van der Waals surface area contributed by atoms with Crippen LogP contribution >= 0.6 is 0 Å². The van der Waals surface area contributed by atoms with Gasteiger partial charge in [0, 0.05) is 33.6 Å². The smallest absolute Gasteiger partial charge is 0.323 e. The number of rotatable bonds is 3. The van der Waals surface area contributed by atoms with E-state index >= 15 is 0 Å². The highest BCUT2D eigenvalue weighted by atomic mass is 16.7. The van der Waals surface area contributed by atoms with Gasteiger partial charge in [-0.2, -0.15) is 0 Å². The topological polar surface area (TPSA) is 55.8 Å². The predicted molar refractivity (Wildman–Crippen MR) is 74.2 cm³/mol. The van der Waals surface area contributed by atoms with Crippen molar-refractivity contribution in [2.75, 3.05) is 19.0 Å². The molecule has 0 spiro atoms. The molecule has 5 heteroatoms. The first-order valence-corrected chi connectivity index (χ1v) is 6.50. The Bertz CT molecular complexity index is 499. The summed E-state index contributed by atoms with van der Waals surface area (Å²) in [5.74, 6) is -3.10. The molecule has 0 saturated carbocycles. The molecule has 1 aromatic carbocycles. The summed E-state index contributed by atoms with van der Waals surface area (Å²) in [6, 6.07) is 7.68. The van der Waals surface area contributed by atoms with E-state index in [0.717, 1.165) is 11.3 Å². The Morgan fingerprint density at radius 1 is 1.05 bits per heavy atom. The Hall–Kier alpha value is -2.04. The van der Waals surface area contributed by atoms with Gasteiger partial charge in [-0.15, -0.1) is 0 Å². The molecule has 1 fully saturated rings. The third kappa shape index (κ3) is 3.10. The van der Waals surface area contributed by atoms with Crippen LogP contribution in [0.25, 0.3) is 0 Å². The Balaban J connectivity index is 2.10. The standard InChI is InChI=1S/C15H19NO4/c1-15(2)19-13(17)12(14(18)20-15)9-10-5-7-11(8-6-10)16(3)4/h5-8,12H,9H2,1-4H3. The van der Waals surface area contributed by atoms with Gasteiger partial charge in [-0.3, -0.25) is 9.59 Å². The summed E-state index contributed by atoms with van der Waals surface area (Å²) in [6.07, 6.45) is 0.293. The SMILES string of the molecule is CN(C)c1ccc(CC2C(=O)OC(C)(C)OC2=O)cc1. The number of cyclic esters (lactones) is 2. The molecule has 1 saturated heterocycles.